The number of rotatable bonds is 8. The van der Waals surface area contributed by atoms with E-state index in [1.807, 2.05) is 35.1 Å². The Morgan fingerprint density at radius 2 is 2.03 bits per heavy atom. The van der Waals surface area contributed by atoms with Gasteiger partial charge in [0.2, 0.25) is 5.91 Å². The number of nitrogens with one attached hydrogen (secondary N) is 1. The van der Waals surface area contributed by atoms with Gasteiger partial charge in [-0.1, -0.05) is 17.3 Å². The predicted molar refractivity (Wildman–Crippen MR) is 118 cm³/mol. The first-order chi connectivity index (χ1) is 15.2. The van der Waals surface area contributed by atoms with Crippen LogP contribution in [0.1, 0.15) is 12.1 Å². The Morgan fingerprint density at radius 1 is 1.16 bits per heavy atom. The average Bonchev–Trinajstić information content (AvgIpc) is 3.27. The molecule has 9 heteroatoms. The van der Waals surface area contributed by atoms with Gasteiger partial charge in [0, 0.05) is 56.6 Å². The number of nitrogens with zero attached hydrogens (tertiary/aromatic N) is 5. The van der Waals surface area contributed by atoms with Crippen LogP contribution in [0.15, 0.2) is 48.9 Å². The molecule has 4 rings (SSSR count). The minimum Gasteiger partial charge on any atom is -0.397 e. The summed E-state index contributed by atoms with van der Waals surface area (Å²) in [7, 11) is 0. The second kappa shape index (κ2) is 10.1. The van der Waals surface area contributed by atoms with Crippen LogP contribution in [0.4, 0.5) is 11.4 Å². The summed E-state index contributed by atoms with van der Waals surface area (Å²) < 4.78 is 7.20. The van der Waals surface area contributed by atoms with Crippen LogP contribution in [-0.4, -0.2) is 63.6 Å². The number of morpholine rings is 1. The molecule has 1 aromatic carbocycles. The van der Waals surface area contributed by atoms with Gasteiger partial charge in [0.05, 0.1) is 36.8 Å². The van der Waals surface area contributed by atoms with Crippen molar-refractivity contribution in [3.63, 3.8) is 0 Å². The van der Waals surface area contributed by atoms with Crippen molar-refractivity contribution < 1.29 is 9.53 Å². The zero-order valence-corrected chi connectivity index (χ0v) is 17.4. The SMILES string of the molecule is Nc1ccc(-c2cccnc2)cc1NC(=O)CCc1cn(CCN2CCOCC2)nn1. The first-order valence-corrected chi connectivity index (χ1v) is 10.5. The molecule has 0 aliphatic carbocycles. The van der Waals surface area contributed by atoms with Gasteiger partial charge in [-0.3, -0.25) is 19.4 Å². The maximum atomic E-state index is 12.5. The average molecular weight is 422 g/mol. The number of hydrogen-bond donors (Lipinski definition) is 2. The van der Waals surface area contributed by atoms with Crippen LogP contribution in [0.25, 0.3) is 11.1 Å². The van der Waals surface area contributed by atoms with E-state index < -0.39 is 0 Å². The molecule has 3 aromatic rings. The van der Waals surface area contributed by atoms with E-state index in [0.29, 0.717) is 24.2 Å². The number of ether oxygens (including phenoxy) is 1. The summed E-state index contributed by atoms with van der Waals surface area (Å²) in [6, 6.07) is 9.41. The molecule has 0 spiro atoms. The molecule has 0 saturated carbocycles. The largest absolute Gasteiger partial charge is 0.397 e. The summed E-state index contributed by atoms with van der Waals surface area (Å²) in [6.07, 6.45) is 6.23. The summed E-state index contributed by atoms with van der Waals surface area (Å²) in [4.78, 5) is 19.0. The Morgan fingerprint density at radius 3 is 2.84 bits per heavy atom. The van der Waals surface area contributed by atoms with Gasteiger partial charge in [-0.05, 0) is 23.8 Å². The normalized spacial score (nSPS) is 14.5. The fraction of sp³-hybridized carbons (Fsp3) is 0.364. The van der Waals surface area contributed by atoms with Crippen molar-refractivity contribution in [3.8, 4) is 11.1 Å². The van der Waals surface area contributed by atoms with Crippen molar-refractivity contribution >= 4 is 17.3 Å². The van der Waals surface area contributed by atoms with Crippen molar-refractivity contribution in [3.05, 3.63) is 54.6 Å². The third-order valence-corrected chi connectivity index (χ3v) is 5.27. The second-order valence-corrected chi connectivity index (χ2v) is 7.52. The molecule has 0 unspecified atom stereocenters. The Balaban J connectivity index is 1.28. The van der Waals surface area contributed by atoms with Crippen LogP contribution in [0.2, 0.25) is 0 Å². The van der Waals surface area contributed by atoms with Gasteiger partial charge < -0.3 is 15.8 Å². The van der Waals surface area contributed by atoms with Gasteiger partial charge in [-0.25, -0.2) is 0 Å². The maximum Gasteiger partial charge on any atom is 0.224 e. The number of aromatic nitrogens is 4. The first-order valence-electron chi connectivity index (χ1n) is 10.5. The molecule has 1 saturated heterocycles. The number of nitrogens with two attached hydrogens (primary N) is 1. The monoisotopic (exact) mass is 421 g/mol. The Hall–Kier alpha value is -3.30. The van der Waals surface area contributed by atoms with E-state index in [1.54, 1.807) is 18.5 Å². The lowest BCUT2D eigenvalue weighted by Gasteiger charge is -2.26. The number of nitrogen functional groups attached to an aromatic ring is 1. The van der Waals surface area contributed by atoms with Crippen molar-refractivity contribution in [2.75, 3.05) is 43.9 Å². The molecule has 1 aliphatic rings. The fourth-order valence-electron chi connectivity index (χ4n) is 3.46. The zero-order valence-electron chi connectivity index (χ0n) is 17.4. The van der Waals surface area contributed by atoms with Crippen LogP contribution in [0.5, 0.6) is 0 Å². The van der Waals surface area contributed by atoms with Crippen molar-refractivity contribution in [1.29, 1.82) is 0 Å². The lowest BCUT2D eigenvalue weighted by molar-refractivity contribution is -0.116. The number of carbonyl (C=O) groups excluding carboxylic acids is 1. The molecular formula is C22H27N7O2. The molecular weight excluding hydrogens is 394 g/mol. The Bertz CT molecular complexity index is 1000. The fourth-order valence-corrected chi connectivity index (χ4v) is 3.46. The van der Waals surface area contributed by atoms with E-state index in [1.165, 1.54) is 0 Å². The number of anilines is 2. The maximum absolute atomic E-state index is 12.5. The third kappa shape index (κ3) is 5.87. The van der Waals surface area contributed by atoms with Crippen LogP contribution in [0.3, 0.4) is 0 Å². The van der Waals surface area contributed by atoms with Crippen LogP contribution in [0, 0.1) is 0 Å². The van der Waals surface area contributed by atoms with Crippen molar-refractivity contribution in [1.82, 2.24) is 24.9 Å². The van der Waals surface area contributed by atoms with Crippen LogP contribution < -0.4 is 11.1 Å². The van der Waals surface area contributed by atoms with Crippen molar-refractivity contribution in [2.24, 2.45) is 0 Å². The molecule has 1 aliphatic heterocycles. The molecule has 1 fully saturated rings. The van der Waals surface area contributed by atoms with Crippen LogP contribution in [-0.2, 0) is 22.5 Å². The standard InChI is InChI=1S/C22H27N7O2/c23-20-5-3-17(18-2-1-7-24-15-18)14-21(20)25-22(30)6-4-19-16-29(27-26-19)9-8-28-10-12-31-13-11-28/h1-3,5,7,14-16H,4,6,8-13,23H2,(H,25,30). The van der Waals surface area contributed by atoms with Gasteiger partial charge in [0.1, 0.15) is 0 Å². The Kier molecular flexibility index (Phi) is 6.85. The highest BCUT2D eigenvalue weighted by molar-refractivity contribution is 5.95. The number of benzene rings is 1. The zero-order chi connectivity index (χ0) is 21.5. The summed E-state index contributed by atoms with van der Waals surface area (Å²) in [5, 5.41) is 11.3. The summed E-state index contributed by atoms with van der Waals surface area (Å²) in [5.74, 6) is -0.113. The van der Waals surface area contributed by atoms with Gasteiger partial charge in [0.15, 0.2) is 0 Å². The van der Waals surface area contributed by atoms with Crippen molar-refractivity contribution in [2.45, 2.75) is 19.4 Å². The van der Waals surface area contributed by atoms with E-state index >= 15 is 0 Å². The van der Waals surface area contributed by atoms with E-state index in [4.69, 9.17) is 10.5 Å². The highest BCUT2D eigenvalue weighted by atomic mass is 16.5. The van der Waals surface area contributed by atoms with E-state index in [9.17, 15) is 4.79 Å². The lowest BCUT2D eigenvalue weighted by atomic mass is 10.1. The van der Waals surface area contributed by atoms with E-state index in [0.717, 1.165) is 56.2 Å². The number of hydrogen-bond acceptors (Lipinski definition) is 7. The number of pyridine rings is 1. The summed E-state index contributed by atoms with van der Waals surface area (Å²) in [5.41, 5.74) is 9.88. The molecule has 3 heterocycles. The Labute approximate surface area is 181 Å². The highest BCUT2D eigenvalue weighted by Gasteiger charge is 2.12. The third-order valence-electron chi connectivity index (χ3n) is 5.27. The highest BCUT2D eigenvalue weighted by Crippen LogP contribution is 2.27. The predicted octanol–water partition coefficient (Wildman–Crippen LogP) is 1.83. The summed E-state index contributed by atoms with van der Waals surface area (Å²) >= 11 is 0. The van der Waals surface area contributed by atoms with Gasteiger partial charge in [0.25, 0.3) is 0 Å². The van der Waals surface area contributed by atoms with E-state index in [2.05, 4.69) is 25.5 Å². The van der Waals surface area contributed by atoms with Gasteiger partial charge in [-0.2, -0.15) is 0 Å². The minimum atomic E-state index is -0.113. The minimum absolute atomic E-state index is 0.113. The number of amides is 1. The first kappa shape index (κ1) is 21.0. The van der Waals surface area contributed by atoms with Crippen LogP contribution >= 0.6 is 0 Å². The molecule has 2 aromatic heterocycles. The lowest BCUT2D eigenvalue weighted by Crippen LogP contribution is -2.38. The molecule has 1 amide bonds. The number of carbonyl (C=O) groups is 1. The van der Waals surface area contributed by atoms with Gasteiger partial charge in [-0.15, -0.1) is 5.10 Å². The van der Waals surface area contributed by atoms with Gasteiger partial charge >= 0.3 is 0 Å². The molecule has 162 valence electrons. The summed E-state index contributed by atoms with van der Waals surface area (Å²) in [6.45, 7) is 5.16. The number of aryl methyl sites for hydroxylation is 1. The molecule has 3 N–H and O–H groups in total. The molecule has 0 radical (unpaired) electrons. The quantitative estimate of drug-likeness (QED) is 0.534. The molecule has 31 heavy (non-hydrogen) atoms. The molecule has 0 atom stereocenters. The second-order valence-electron chi connectivity index (χ2n) is 7.52. The smallest absolute Gasteiger partial charge is 0.224 e. The molecule has 0 bridgehead atoms. The molecule has 9 nitrogen and oxygen atoms in total. The van der Waals surface area contributed by atoms with E-state index in [-0.39, 0.29) is 5.91 Å². The topological polar surface area (TPSA) is 111 Å².